The predicted octanol–water partition coefficient (Wildman–Crippen LogP) is 6.35. The number of aryl methyl sites for hydroxylation is 3. The van der Waals surface area contributed by atoms with Crippen LogP contribution in [0.2, 0.25) is 0 Å². The van der Waals surface area contributed by atoms with Gasteiger partial charge in [-0.1, -0.05) is 65.8 Å². The van der Waals surface area contributed by atoms with Crippen molar-refractivity contribution in [2.45, 2.75) is 39.2 Å². The molecule has 1 aromatic heterocycles. The molecule has 1 amide bonds. The van der Waals surface area contributed by atoms with Gasteiger partial charge >= 0.3 is 12.1 Å². The number of anilines is 1. The number of ether oxygens (including phenoxy) is 1. The van der Waals surface area contributed by atoms with Crippen molar-refractivity contribution in [1.82, 2.24) is 5.16 Å². The molecular weight excluding hydrogens is 456 g/mol. The second-order valence-corrected chi connectivity index (χ2v) is 8.98. The van der Waals surface area contributed by atoms with Gasteiger partial charge in [-0.05, 0) is 66.1 Å². The summed E-state index contributed by atoms with van der Waals surface area (Å²) in [6, 6.07) is 21.5. The number of hydrogen-bond acceptors (Lipinski definition) is 5. The summed E-state index contributed by atoms with van der Waals surface area (Å²) in [6.07, 6.45) is 0.680. The van der Waals surface area contributed by atoms with Gasteiger partial charge in [0.2, 0.25) is 0 Å². The molecule has 4 aromatic rings. The summed E-state index contributed by atoms with van der Waals surface area (Å²) in [5.41, 5.74) is 8.13. The molecule has 0 radical (unpaired) electrons. The number of amides is 1. The Morgan fingerprint density at radius 3 is 2.44 bits per heavy atom. The van der Waals surface area contributed by atoms with Gasteiger partial charge < -0.3 is 14.4 Å². The van der Waals surface area contributed by atoms with Gasteiger partial charge in [-0.2, -0.15) is 0 Å². The maximum Gasteiger partial charge on any atom is 0.412 e. The Hall–Kier alpha value is -4.39. The van der Waals surface area contributed by atoms with E-state index < -0.39 is 18.2 Å². The zero-order chi connectivity index (χ0) is 25.2. The first-order chi connectivity index (χ1) is 17.4. The first-order valence-electron chi connectivity index (χ1n) is 11.8. The van der Waals surface area contributed by atoms with E-state index in [1.54, 1.807) is 6.92 Å². The Morgan fingerprint density at radius 2 is 1.72 bits per heavy atom. The molecule has 0 fully saturated rings. The van der Waals surface area contributed by atoms with Gasteiger partial charge in [-0.25, -0.2) is 4.79 Å². The van der Waals surface area contributed by atoms with Crippen molar-refractivity contribution in [2.75, 3.05) is 5.32 Å². The molecule has 0 saturated heterocycles. The van der Waals surface area contributed by atoms with E-state index in [4.69, 9.17) is 14.4 Å². The van der Waals surface area contributed by atoms with Crippen LogP contribution in [0, 0.1) is 6.92 Å². The summed E-state index contributed by atoms with van der Waals surface area (Å²) in [7, 11) is 0. The molecule has 5 rings (SSSR count). The molecular formula is C29H26N2O5. The molecule has 0 saturated carbocycles. The van der Waals surface area contributed by atoms with Crippen LogP contribution in [-0.2, 0) is 28.8 Å². The quantitative estimate of drug-likeness (QED) is 0.332. The average molecular weight is 483 g/mol. The number of hydrogen-bond donors (Lipinski definition) is 2. The van der Waals surface area contributed by atoms with Crippen LogP contribution in [0.25, 0.3) is 22.4 Å². The fraction of sp³-hybridized carbons (Fsp3) is 0.207. The fourth-order valence-electron chi connectivity index (χ4n) is 4.68. The summed E-state index contributed by atoms with van der Waals surface area (Å²) in [4.78, 5) is 23.7. The van der Waals surface area contributed by atoms with Gasteiger partial charge in [0, 0.05) is 5.56 Å². The maximum absolute atomic E-state index is 12.7. The number of nitrogens with zero attached hydrogens (tertiary/aromatic N) is 1. The van der Waals surface area contributed by atoms with Crippen molar-refractivity contribution in [2.24, 2.45) is 0 Å². The van der Waals surface area contributed by atoms with E-state index in [1.165, 1.54) is 0 Å². The summed E-state index contributed by atoms with van der Waals surface area (Å²) < 4.78 is 11.0. The lowest BCUT2D eigenvalue weighted by atomic mass is 9.83. The van der Waals surface area contributed by atoms with Gasteiger partial charge in [0.15, 0.2) is 5.76 Å². The van der Waals surface area contributed by atoms with Gasteiger partial charge in [0.1, 0.15) is 17.5 Å². The minimum atomic E-state index is -0.832. The first kappa shape index (κ1) is 23.4. The number of carboxylic acids is 1. The molecule has 2 N–H and O–H groups in total. The molecule has 1 atom stereocenters. The number of carbonyl (C=O) groups excluding carboxylic acids is 1. The highest BCUT2D eigenvalue weighted by Crippen LogP contribution is 2.38. The Bertz CT molecular complexity index is 1440. The minimum absolute atomic E-state index is 0.0208. The van der Waals surface area contributed by atoms with Crippen LogP contribution in [0.15, 0.2) is 71.3 Å². The number of rotatable bonds is 6. The highest BCUT2D eigenvalue weighted by Gasteiger charge is 2.22. The average Bonchev–Trinajstić information content (AvgIpc) is 3.23. The normalized spacial score (nSPS) is 12.8. The molecule has 7 heteroatoms. The third-order valence-electron chi connectivity index (χ3n) is 6.50. The van der Waals surface area contributed by atoms with Crippen molar-refractivity contribution in [3.05, 3.63) is 94.7 Å². The van der Waals surface area contributed by atoms with Gasteiger partial charge in [-0.3, -0.25) is 10.1 Å². The molecule has 182 valence electrons. The third kappa shape index (κ3) is 4.73. The van der Waals surface area contributed by atoms with Gasteiger partial charge in [0.25, 0.3) is 0 Å². The summed E-state index contributed by atoms with van der Waals surface area (Å²) >= 11 is 0. The topological polar surface area (TPSA) is 102 Å². The monoisotopic (exact) mass is 482 g/mol. The number of benzene rings is 3. The fourth-order valence-corrected chi connectivity index (χ4v) is 4.68. The van der Waals surface area contributed by atoms with E-state index in [1.807, 2.05) is 67.6 Å². The smallest absolute Gasteiger partial charge is 0.412 e. The van der Waals surface area contributed by atoms with Gasteiger partial charge in [0.05, 0.1) is 6.42 Å². The second kappa shape index (κ2) is 9.70. The molecule has 1 aliphatic rings. The number of carboxylic acid groups (broad SMARTS) is 1. The third-order valence-corrected chi connectivity index (χ3v) is 6.50. The van der Waals surface area contributed by atoms with Crippen molar-refractivity contribution in [1.29, 1.82) is 0 Å². The van der Waals surface area contributed by atoms with Crippen molar-refractivity contribution >= 4 is 17.7 Å². The molecule has 3 aromatic carbocycles. The Balaban J connectivity index is 1.38. The van der Waals surface area contributed by atoms with E-state index in [-0.39, 0.29) is 6.42 Å². The standard InChI is InChI=1S/C29H26N2O5/c1-17(20-6-4-3-5-7-20)35-29(34)30-27-18(2)36-31-28(27)23-11-13-25-22(16-23)10-9-21-14-19(15-26(32)33)8-12-24(21)25/h3-8,11-14,16-17H,9-10,15H2,1-2H3,(H,30,34)(H,32,33). The highest BCUT2D eigenvalue weighted by atomic mass is 16.6. The lowest BCUT2D eigenvalue weighted by Gasteiger charge is -2.21. The van der Waals surface area contributed by atoms with E-state index in [0.717, 1.165) is 51.8 Å². The van der Waals surface area contributed by atoms with Crippen LogP contribution >= 0.6 is 0 Å². The minimum Gasteiger partial charge on any atom is -0.481 e. The summed E-state index contributed by atoms with van der Waals surface area (Å²) in [5, 5.41) is 16.1. The first-order valence-corrected chi connectivity index (χ1v) is 11.8. The van der Waals surface area contributed by atoms with E-state index >= 15 is 0 Å². The summed E-state index contributed by atoms with van der Waals surface area (Å²) in [5.74, 6) is -0.343. The lowest BCUT2D eigenvalue weighted by Crippen LogP contribution is -2.16. The largest absolute Gasteiger partial charge is 0.481 e. The Kier molecular flexibility index (Phi) is 6.29. The zero-order valence-corrected chi connectivity index (χ0v) is 20.1. The maximum atomic E-state index is 12.7. The van der Waals surface area contributed by atoms with Crippen molar-refractivity contribution in [3.63, 3.8) is 0 Å². The molecule has 1 aliphatic carbocycles. The predicted molar refractivity (Wildman–Crippen MR) is 136 cm³/mol. The zero-order valence-electron chi connectivity index (χ0n) is 20.1. The van der Waals surface area contributed by atoms with Crippen LogP contribution in [0.5, 0.6) is 0 Å². The van der Waals surface area contributed by atoms with Crippen LogP contribution in [0.1, 0.15) is 41.0 Å². The number of fused-ring (bicyclic) bond motifs is 3. The van der Waals surface area contributed by atoms with Crippen molar-refractivity contribution in [3.8, 4) is 22.4 Å². The highest BCUT2D eigenvalue weighted by molar-refractivity contribution is 5.91. The second-order valence-electron chi connectivity index (χ2n) is 8.98. The molecule has 0 aliphatic heterocycles. The molecule has 0 spiro atoms. The molecule has 36 heavy (non-hydrogen) atoms. The van der Waals surface area contributed by atoms with Crippen LogP contribution in [0.3, 0.4) is 0 Å². The van der Waals surface area contributed by atoms with Crippen LogP contribution in [0.4, 0.5) is 10.5 Å². The molecule has 1 unspecified atom stereocenters. The Labute approximate surface area is 208 Å². The molecule has 1 heterocycles. The van der Waals surface area contributed by atoms with Crippen LogP contribution < -0.4 is 5.32 Å². The number of aromatic nitrogens is 1. The van der Waals surface area contributed by atoms with Crippen LogP contribution in [-0.4, -0.2) is 22.3 Å². The van der Waals surface area contributed by atoms with E-state index in [9.17, 15) is 9.59 Å². The van der Waals surface area contributed by atoms with Gasteiger partial charge in [-0.15, -0.1) is 0 Å². The van der Waals surface area contributed by atoms with E-state index in [0.29, 0.717) is 17.1 Å². The number of aliphatic carboxylic acids is 1. The number of nitrogens with one attached hydrogen (secondary N) is 1. The molecule has 0 bridgehead atoms. The number of carbonyl (C=O) groups is 2. The lowest BCUT2D eigenvalue weighted by molar-refractivity contribution is -0.136. The van der Waals surface area contributed by atoms with Crippen molar-refractivity contribution < 1.29 is 24.0 Å². The molecule has 7 nitrogen and oxygen atoms in total. The Morgan fingerprint density at radius 1 is 1.03 bits per heavy atom. The summed E-state index contributed by atoms with van der Waals surface area (Å²) in [6.45, 7) is 3.57. The SMILES string of the molecule is Cc1onc(-c2ccc3c(c2)CCc2cc(CC(=O)O)ccc2-3)c1NC(=O)OC(C)c1ccccc1. The van der Waals surface area contributed by atoms with E-state index in [2.05, 4.69) is 16.5 Å².